The Balaban J connectivity index is 2.09. The molecule has 0 N–H and O–H groups in total. The minimum absolute atomic E-state index is 0.103. The van der Waals surface area contributed by atoms with Gasteiger partial charge in [-0.05, 0) is 42.2 Å². The van der Waals surface area contributed by atoms with Gasteiger partial charge in [-0.15, -0.1) is 0 Å². The van der Waals surface area contributed by atoms with Crippen LogP contribution in [0.2, 0.25) is 5.02 Å². The van der Waals surface area contributed by atoms with Gasteiger partial charge in [0.25, 0.3) is 0 Å². The lowest BCUT2D eigenvalue weighted by Gasteiger charge is -2.09. The van der Waals surface area contributed by atoms with E-state index in [9.17, 15) is 18.0 Å². The molecule has 0 aliphatic carbocycles. The molecule has 9 heteroatoms. The molecule has 1 heterocycles. The molecular weight excluding hydrogens is 425 g/mol. The van der Waals surface area contributed by atoms with Crippen molar-refractivity contribution in [2.24, 2.45) is 0 Å². The number of esters is 1. The highest BCUT2D eigenvalue weighted by Gasteiger charge is 2.26. The number of halogens is 4. The number of ether oxygens (including phenoxy) is 1. The quantitative estimate of drug-likeness (QED) is 0.358. The minimum atomic E-state index is -0.786. The monoisotopic (exact) mass is 440 g/mol. The van der Waals surface area contributed by atoms with Gasteiger partial charge in [-0.25, -0.2) is 22.6 Å². The number of carbonyl (C=O) groups excluding carboxylic acids is 1. The highest BCUT2D eigenvalue weighted by molar-refractivity contribution is 7.99. The number of aromatic nitrogens is 2. The van der Waals surface area contributed by atoms with Gasteiger partial charge in [-0.1, -0.05) is 18.5 Å². The van der Waals surface area contributed by atoms with Crippen molar-refractivity contribution in [3.05, 3.63) is 70.6 Å². The number of carbonyl (C=O) groups is 1. The summed E-state index contributed by atoms with van der Waals surface area (Å²) in [5.41, 5.74) is 0.00200. The van der Waals surface area contributed by atoms with Gasteiger partial charge in [-0.2, -0.15) is 16.9 Å². The van der Waals surface area contributed by atoms with E-state index in [4.69, 9.17) is 16.3 Å². The third kappa shape index (κ3) is 4.76. The van der Waals surface area contributed by atoms with Gasteiger partial charge in [0.15, 0.2) is 5.69 Å². The van der Waals surface area contributed by atoms with Crippen molar-refractivity contribution < 1.29 is 22.7 Å². The number of thioether (sulfide) groups is 1. The molecule has 152 valence electrons. The van der Waals surface area contributed by atoms with Crippen LogP contribution in [0, 0.1) is 17.5 Å². The van der Waals surface area contributed by atoms with Crippen LogP contribution in [0.25, 0.3) is 16.9 Å². The maximum absolute atomic E-state index is 14.4. The Labute approximate surface area is 174 Å². The highest BCUT2D eigenvalue weighted by Crippen LogP contribution is 2.34. The van der Waals surface area contributed by atoms with Crippen molar-refractivity contribution in [2.45, 2.75) is 6.92 Å². The maximum atomic E-state index is 14.4. The Kier molecular flexibility index (Phi) is 6.87. The van der Waals surface area contributed by atoms with Crippen molar-refractivity contribution >= 4 is 29.3 Å². The Morgan fingerprint density at radius 3 is 2.52 bits per heavy atom. The molecule has 0 amide bonds. The van der Waals surface area contributed by atoms with Crippen LogP contribution in [-0.4, -0.2) is 33.9 Å². The normalized spacial score (nSPS) is 10.9. The topological polar surface area (TPSA) is 44.1 Å². The van der Waals surface area contributed by atoms with Crippen molar-refractivity contribution in [1.82, 2.24) is 9.78 Å². The molecule has 0 fully saturated rings. The first kappa shape index (κ1) is 21.3. The van der Waals surface area contributed by atoms with Crippen LogP contribution in [0.3, 0.4) is 0 Å². The van der Waals surface area contributed by atoms with E-state index < -0.39 is 23.4 Å². The lowest BCUT2D eigenvalue weighted by Crippen LogP contribution is -2.10. The molecule has 0 saturated heterocycles. The van der Waals surface area contributed by atoms with Crippen LogP contribution in [0.5, 0.6) is 0 Å². The standard InChI is InChI=1S/C20H16ClF3N2O2S/c1-2-29-10-9-28-20(27)18-17(21)19(12-3-5-13(22)6-4-12)26(25-18)16-11-14(23)7-8-15(16)24/h3-8,11H,2,9-10H2,1H3. The molecule has 2 aromatic carbocycles. The Bertz CT molecular complexity index is 1030. The SMILES string of the molecule is CCSCCOC(=O)c1nn(-c2cc(F)ccc2F)c(-c2ccc(F)cc2)c1Cl. The first-order valence-corrected chi connectivity index (χ1v) is 10.2. The van der Waals surface area contributed by atoms with Gasteiger partial charge >= 0.3 is 5.97 Å². The molecular formula is C20H16ClF3N2O2S. The number of nitrogens with zero attached hydrogens (tertiary/aromatic N) is 2. The second-order valence-corrected chi connectivity index (χ2v) is 7.63. The van der Waals surface area contributed by atoms with Crippen molar-refractivity contribution in [3.8, 4) is 16.9 Å². The van der Waals surface area contributed by atoms with Crippen LogP contribution >= 0.6 is 23.4 Å². The van der Waals surface area contributed by atoms with E-state index in [1.165, 1.54) is 24.3 Å². The van der Waals surface area contributed by atoms with Gasteiger partial charge in [0, 0.05) is 17.4 Å². The molecule has 0 radical (unpaired) electrons. The summed E-state index contributed by atoms with van der Waals surface area (Å²) in [7, 11) is 0. The molecule has 1 aromatic heterocycles. The molecule has 0 saturated carbocycles. The summed E-state index contributed by atoms with van der Waals surface area (Å²) in [6.45, 7) is 2.13. The molecule has 0 atom stereocenters. The van der Waals surface area contributed by atoms with Crippen molar-refractivity contribution in [2.75, 3.05) is 18.1 Å². The van der Waals surface area contributed by atoms with E-state index in [1.807, 2.05) is 6.92 Å². The third-order valence-electron chi connectivity index (χ3n) is 3.94. The average Bonchev–Trinajstić information content (AvgIpc) is 3.05. The van der Waals surface area contributed by atoms with E-state index in [-0.39, 0.29) is 28.7 Å². The van der Waals surface area contributed by atoms with Crippen LogP contribution in [0.1, 0.15) is 17.4 Å². The van der Waals surface area contributed by atoms with Gasteiger partial charge in [0.1, 0.15) is 34.8 Å². The van der Waals surface area contributed by atoms with Gasteiger partial charge in [0.05, 0.1) is 5.69 Å². The molecule has 0 aliphatic rings. The molecule has 3 aromatic rings. The first-order chi connectivity index (χ1) is 13.9. The fraction of sp³-hybridized carbons (Fsp3) is 0.200. The summed E-state index contributed by atoms with van der Waals surface area (Å²) >= 11 is 7.98. The van der Waals surface area contributed by atoms with Crippen LogP contribution in [0.4, 0.5) is 13.2 Å². The molecule has 3 rings (SSSR count). The second kappa shape index (κ2) is 9.37. The number of hydrogen-bond donors (Lipinski definition) is 0. The molecule has 0 spiro atoms. The molecule has 29 heavy (non-hydrogen) atoms. The number of hydrogen-bond acceptors (Lipinski definition) is 4. The minimum Gasteiger partial charge on any atom is -0.460 e. The van der Waals surface area contributed by atoms with E-state index in [0.717, 1.165) is 28.6 Å². The molecule has 0 aliphatic heterocycles. The largest absolute Gasteiger partial charge is 0.460 e. The van der Waals surface area contributed by atoms with Gasteiger partial charge < -0.3 is 4.74 Å². The summed E-state index contributed by atoms with van der Waals surface area (Å²) in [6.07, 6.45) is 0. The summed E-state index contributed by atoms with van der Waals surface area (Å²) in [6, 6.07) is 8.00. The predicted octanol–water partition coefficient (Wildman–Crippen LogP) is 5.52. The van der Waals surface area contributed by atoms with E-state index in [1.54, 1.807) is 11.8 Å². The maximum Gasteiger partial charge on any atom is 0.360 e. The summed E-state index contributed by atoms with van der Waals surface area (Å²) < 4.78 is 47.7. The van der Waals surface area contributed by atoms with Gasteiger partial charge in [-0.3, -0.25) is 0 Å². The smallest absolute Gasteiger partial charge is 0.360 e. The first-order valence-electron chi connectivity index (χ1n) is 8.67. The Hall–Kier alpha value is -2.45. The van der Waals surface area contributed by atoms with E-state index >= 15 is 0 Å². The van der Waals surface area contributed by atoms with Crippen LogP contribution in [0.15, 0.2) is 42.5 Å². The molecule has 0 bridgehead atoms. The Morgan fingerprint density at radius 2 is 1.83 bits per heavy atom. The van der Waals surface area contributed by atoms with Gasteiger partial charge in [0.2, 0.25) is 0 Å². The fourth-order valence-electron chi connectivity index (χ4n) is 2.61. The lowest BCUT2D eigenvalue weighted by atomic mass is 10.1. The predicted molar refractivity (Wildman–Crippen MR) is 107 cm³/mol. The van der Waals surface area contributed by atoms with Crippen molar-refractivity contribution in [3.63, 3.8) is 0 Å². The summed E-state index contributed by atoms with van der Waals surface area (Å²) in [4.78, 5) is 12.4. The zero-order chi connectivity index (χ0) is 21.0. The summed E-state index contributed by atoms with van der Waals surface area (Å²) in [5.74, 6) is -1.26. The molecule has 0 unspecified atom stereocenters. The zero-order valence-electron chi connectivity index (χ0n) is 15.3. The third-order valence-corrected chi connectivity index (χ3v) is 5.16. The number of rotatable bonds is 7. The number of benzene rings is 2. The van der Waals surface area contributed by atoms with E-state index in [2.05, 4.69) is 5.10 Å². The fourth-order valence-corrected chi connectivity index (χ4v) is 3.41. The molecule has 4 nitrogen and oxygen atoms in total. The van der Waals surface area contributed by atoms with E-state index in [0.29, 0.717) is 11.3 Å². The summed E-state index contributed by atoms with van der Waals surface area (Å²) in [5, 5.41) is 3.98. The van der Waals surface area contributed by atoms with Crippen molar-refractivity contribution in [1.29, 1.82) is 0 Å². The Morgan fingerprint density at radius 1 is 1.14 bits per heavy atom. The zero-order valence-corrected chi connectivity index (χ0v) is 16.9. The second-order valence-electron chi connectivity index (χ2n) is 5.86. The van der Waals surface area contributed by atoms with Crippen LogP contribution in [-0.2, 0) is 4.74 Å². The highest BCUT2D eigenvalue weighted by atomic mass is 35.5. The lowest BCUT2D eigenvalue weighted by molar-refractivity contribution is 0.0523. The average molecular weight is 441 g/mol. The van der Waals surface area contributed by atoms with Crippen LogP contribution < -0.4 is 0 Å².